The van der Waals surface area contributed by atoms with Gasteiger partial charge in [-0.1, -0.05) is 65.7 Å². The van der Waals surface area contributed by atoms with Gasteiger partial charge in [0.15, 0.2) is 0 Å². The number of rotatable bonds is 0. The predicted molar refractivity (Wildman–Crippen MR) is 122 cm³/mol. The van der Waals surface area contributed by atoms with Crippen LogP contribution >= 0.6 is 11.6 Å². The molecule has 6 rings (SSSR count). The number of para-hydroxylation sites is 1. The molecule has 2 aliphatic carbocycles. The minimum Gasteiger partial charge on any atom is -0.244 e. The Hall–Kier alpha value is -2.97. The molecule has 0 unspecified atom stereocenters. The van der Waals surface area contributed by atoms with Gasteiger partial charge in [-0.25, -0.2) is 9.97 Å². The number of nitrogens with zero attached hydrogens (tertiary/aromatic N) is 2. The summed E-state index contributed by atoms with van der Waals surface area (Å²) in [6.07, 6.45) is 12.8. The molecule has 0 spiro atoms. The maximum absolute atomic E-state index is 6.09. The molecule has 0 aliphatic heterocycles. The fraction of sp³-hybridized carbons (Fsp3) is 0.154. The lowest BCUT2D eigenvalue weighted by Crippen LogP contribution is -2.06. The first kappa shape index (κ1) is 18.1. The Labute approximate surface area is 175 Å². The molecule has 0 N–H and O–H groups in total. The van der Waals surface area contributed by atoms with Crippen LogP contribution in [0.25, 0.3) is 27.2 Å². The lowest BCUT2D eigenvalue weighted by atomic mass is 9.80. The average Bonchev–Trinajstić information content (AvgIpc) is 2.79. The highest BCUT2D eigenvalue weighted by Crippen LogP contribution is 2.40. The summed E-state index contributed by atoms with van der Waals surface area (Å²) in [7, 11) is 0. The van der Waals surface area contributed by atoms with Crippen LogP contribution in [0.1, 0.15) is 30.4 Å². The zero-order valence-electron chi connectivity index (χ0n) is 16.1. The van der Waals surface area contributed by atoms with Crippen molar-refractivity contribution in [1.29, 1.82) is 0 Å². The number of fused-ring (bicyclic) bond motifs is 5. The Balaban J connectivity index is 0.000000153. The molecule has 0 saturated heterocycles. The van der Waals surface area contributed by atoms with Gasteiger partial charge in [0, 0.05) is 16.6 Å². The summed E-state index contributed by atoms with van der Waals surface area (Å²) in [5.41, 5.74) is 7.05. The second kappa shape index (κ2) is 7.81. The highest BCUT2D eigenvalue weighted by atomic mass is 35.5. The molecule has 142 valence electrons. The van der Waals surface area contributed by atoms with Crippen molar-refractivity contribution in [2.45, 2.75) is 25.7 Å². The van der Waals surface area contributed by atoms with Crippen molar-refractivity contribution < 1.29 is 0 Å². The third-order valence-corrected chi connectivity index (χ3v) is 5.99. The van der Waals surface area contributed by atoms with Crippen LogP contribution in [0.3, 0.4) is 0 Å². The highest BCUT2D eigenvalue weighted by Gasteiger charge is 2.20. The zero-order chi connectivity index (χ0) is 19.6. The molecule has 1 aromatic heterocycles. The number of aromatic nitrogens is 2. The molecular weight excluding hydrogens is 376 g/mol. The molecule has 4 aromatic rings. The van der Waals surface area contributed by atoms with E-state index in [4.69, 9.17) is 11.6 Å². The maximum atomic E-state index is 6.09. The van der Waals surface area contributed by atoms with Gasteiger partial charge in [-0.3, -0.25) is 0 Å². The SMILES string of the molecule is Clc1ccc2c3c(ccc2c1)C1=C(CCC=C1)CC3.c1ccc2ncncc2c1. The second-order valence-electron chi connectivity index (χ2n) is 7.50. The Morgan fingerprint density at radius 3 is 2.72 bits per heavy atom. The average molecular weight is 397 g/mol. The summed E-state index contributed by atoms with van der Waals surface area (Å²) in [4.78, 5) is 7.97. The Kier molecular flexibility index (Phi) is 4.87. The summed E-state index contributed by atoms with van der Waals surface area (Å²) in [6.45, 7) is 0. The van der Waals surface area contributed by atoms with E-state index in [1.807, 2.05) is 36.5 Å². The van der Waals surface area contributed by atoms with E-state index in [-0.39, 0.29) is 0 Å². The van der Waals surface area contributed by atoms with E-state index in [2.05, 4.69) is 46.4 Å². The largest absolute Gasteiger partial charge is 0.244 e. The smallest absolute Gasteiger partial charge is 0.116 e. The quantitative estimate of drug-likeness (QED) is 0.314. The van der Waals surface area contributed by atoms with E-state index in [9.17, 15) is 0 Å². The van der Waals surface area contributed by atoms with Gasteiger partial charge < -0.3 is 0 Å². The van der Waals surface area contributed by atoms with Gasteiger partial charge >= 0.3 is 0 Å². The molecule has 3 aromatic carbocycles. The number of halogens is 1. The second-order valence-corrected chi connectivity index (χ2v) is 7.93. The van der Waals surface area contributed by atoms with E-state index >= 15 is 0 Å². The lowest BCUT2D eigenvalue weighted by Gasteiger charge is -2.25. The van der Waals surface area contributed by atoms with E-state index in [0.29, 0.717) is 0 Å². The molecule has 0 radical (unpaired) electrons. The van der Waals surface area contributed by atoms with Crippen molar-refractivity contribution in [3.8, 4) is 0 Å². The molecule has 0 saturated carbocycles. The Morgan fingerprint density at radius 1 is 0.862 bits per heavy atom. The minimum atomic E-state index is 0.820. The number of hydrogen-bond donors (Lipinski definition) is 0. The topological polar surface area (TPSA) is 25.8 Å². The van der Waals surface area contributed by atoms with Gasteiger partial charge in [0.2, 0.25) is 0 Å². The van der Waals surface area contributed by atoms with Crippen LogP contribution < -0.4 is 0 Å². The van der Waals surface area contributed by atoms with E-state index in [0.717, 1.165) is 15.9 Å². The first-order valence-electron chi connectivity index (χ1n) is 10.0. The lowest BCUT2D eigenvalue weighted by molar-refractivity contribution is 0.831. The summed E-state index contributed by atoms with van der Waals surface area (Å²) in [5.74, 6) is 0. The maximum Gasteiger partial charge on any atom is 0.116 e. The zero-order valence-corrected chi connectivity index (χ0v) is 16.9. The van der Waals surface area contributed by atoms with Crippen molar-refractivity contribution in [1.82, 2.24) is 9.97 Å². The highest BCUT2D eigenvalue weighted by molar-refractivity contribution is 6.31. The first-order valence-corrected chi connectivity index (χ1v) is 10.4. The molecule has 3 heteroatoms. The molecule has 29 heavy (non-hydrogen) atoms. The van der Waals surface area contributed by atoms with Crippen LogP contribution in [0, 0.1) is 0 Å². The monoisotopic (exact) mass is 396 g/mol. The van der Waals surface area contributed by atoms with Gasteiger partial charge in [0.1, 0.15) is 6.33 Å². The molecule has 0 bridgehead atoms. The summed E-state index contributed by atoms with van der Waals surface area (Å²) < 4.78 is 0. The van der Waals surface area contributed by atoms with Crippen molar-refractivity contribution in [2.75, 3.05) is 0 Å². The van der Waals surface area contributed by atoms with Crippen LogP contribution in [-0.4, -0.2) is 9.97 Å². The molecule has 2 aliphatic rings. The molecule has 2 nitrogen and oxygen atoms in total. The summed E-state index contributed by atoms with van der Waals surface area (Å²) >= 11 is 6.09. The van der Waals surface area contributed by atoms with Crippen molar-refractivity contribution in [3.63, 3.8) is 0 Å². The molecule has 0 amide bonds. The van der Waals surface area contributed by atoms with E-state index in [1.165, 1.54) is 53.2 Å². The van der Waals surface area contributed by atoms with Gasteiger partial charge in [-0.2, -0.15) is 0 Å². The van der Waals surface area contributed by atoms with Gasteiger partial charge in [0.25, 0.3) is 0 Å². The molecular formula is C26H21ClN2. The Morgan fingerprint density at radius 2 is 1.79 bits per heavy atom. The third-order valence-electron chi connectivity index (χ3n) is 5.75. The van der Waals surface area contributed by atoms with Crippen molar-refractivity contribution >= 4 is 38.8 Å². The fourth-order valence-corrected chi connectivity index (χ4v) is 4.52. The number of allylic oxidation sites excluding steroid dienone is 4. The number of hydrogen-bond acceptors (Lipinski definition) is 2. The number of benzene rings is 3. The van der Waals surface area contributed by atoms with Crippen LogP contribution in [0.4, 0.5) is 0 Å². The summed E-state index contributed by atoms with van der Waals surface area (Å²) in [5, 5.41) is 4.54. The minimum absolute atomic E-state index is 0.820. The fourth-order valence-electron chi connectivity index (χ4n) is 4.34. The standard InChI is InChI=1S/C18H15Cl.C8H6N2/c19-14-7-10-16-13(11-14)6-9-17-15-4-2-1-3-12(15)5-8-18(16)17;1-2-4-8-7(3-1)5-9-6-10-8/h2,4,6-7,9-11H,1,3,5,8H2;1-6H. The molecule has 1 heterocycles. The first-order chi connectivity index (χ1) is 14.3. The van der Waals surface area contributed by atoms with E-state index in [1.54, 1.807) is 11.9 Å². The molecule has 0 atom stereocenters. The molecule has 0 fully saturated rings. The van der Waals surface area contributed by atoms with Crippen molar-refractivity contribution in [3.05, 3.63) is 101 Å². The van der Waals surface area contributed by atoms with E-state index < -0.39 is 0 Å². The normalized spacial score (nSPS) is 14.9. The van der Waals surface area contributed by atoms with Gasteiger partial charge in [0.05, 0.1) is 5.52 Å². The third kappa shape index (κ3) is 3.56. The number of aryl methyl sites for hydroxylation is 1. The van der Waals surface area contributed by atoms with Crippen LogP contribution in [0.15, 0.2) is 84.8 Å². The van der Waals surface area contributed by atoms with Crippen molar-refractivity contribution in [2.24, 2.45) is 0 Å². The van der Waals surface area contributed by atoms with Gasteiger partial charge in [-0.15, -0.1) is 0 Å². The Bertz CT molecular complexity index is 1200. The van der Waals surface area contributed by atoms with Gasteiger partial charge in [-0.05, 0) is 71.4 Å². The predicted octanol–water partition coefficient (Wildman–Crippen LogP) is 7.17. The van der Waals surface area contributed by atoms with Crippen LogP contribution in [0.2, 0.25) is 5.02 Å². The summed E-state index contributed by atoms with van der Waals surface area (Å²) in [6, 6.07) is 18.6. The van der Waals surface area contributed by atoms with Crippen LogP contribution in [0.5, 0.6) is 0 Å². The van der Waals surface area contributed by atoms with Crippen LogP contribution in [-0.2, 0) is 6.42 Å².